The van der Waals surface area contributed by atoms with E-state index in [0.717, 1.165) is 13.0 Å². The summed E-state index contributed by atoms with van der Waals surface area (Å²) in [6, 6.07) is 1.98. The Hall–Kier alpha value is -1.00. The number of pyridine rings is 1. The van der Waals surface area contributed by atoms with E-state index >= 15 is 0 Å². The van der Waals surface area contributed by atoms with Crippen molar-refractivity contribution in [2.45, 2.75) is 38.5 Å². The van der Waals surface area contributed by atoms with Gasteiger partial charge in [0.2, 0.25) is 0 Å². The summed E-state index contributed by atoms with van der Waals surface area (Å²) < 4.78 is 18.9. The van der Waals surface area contributed by atoms with Gasteiger partial charge in [0, 0.05) is 31.0 Å². The Morgan fingerprint density at radius 2 is 2.44 bits per heavy atom. The summed E-state index contributed by atoms with van der Waals surface area (Å²) in [4.78, 5) is 3.73. The van der Waals surface area contributed by atoms with Crippen LogP contribution < -0.4 is 5.32 Å². The summed E-state index contributed by atoms with van der Waals surface area (Å²) in [6.45, 7) is 5.40. The molecule has 88 valence electrons. The largest absolute Gasteiger partial charge is 0.374 e. The second-order valence-corrected chi connectivity index (χ2v) is 4.64. The van der Waals surface area contributed by atoms with Gasteiger partial charge in [0.15, 0.2) is 0 Å². The highest BCUT2D eigenvalue weighted by Gasteiger charge is 2.35. The molecule has 0 saturated carbocycles. The summed E-state index contributed by atoms with van der Waals surface area (Å²) >= 11 is 0. The standard InChI is InChI=1S/C12H17FN2O/c1-12(2)11(4-6-16-12)15-7-9-3-5-14-8-10(9)13/h3,5,8,11,15H,4,6-7H2,1-2H3. The van der Waals surface area contributed by atoms with E-state index in [9.17, 15) is 4.39 Å². The van der Waals surface area contributed by atoms with Gasteiger partial charge >= 0.3 is 0 Å². The van der Waals surface area contributed by atoms with Gasteiger partial charge in [-0.05, 0) is 26.3 Å². The molecule has 0 spiro atoms. The molecule has 2 rings (SSSR count). The molecule has 0 radical (unpaired) electrons. The van der Waals surface area contributed by atoms with Crippen molar-refractivity contribution in [2.75, 3.05) is 6.61 Å². The van der Waals surface area contributed by atoms with E-state index in [0.29, 0.717) is 12.1 Å². The van der Waals surface area contributed by atoms with Gasteiger partial charge in [-0.1, -0.05) is 0 Å². The van der Waals surface area contributed by atoms with Crippen LogP contribution in [0.3, 0.4) is 0 Å². The molecular weight excluding hydrogens is 207 g/mol. The van der Waals surface area contributed by atoms with E-state index in [-0.39, 0.29) is 17.5 Å². The summed E-state index contributed by atoms with van der Waals surface area (Å²) in [5, 5.41) is 3.34. The molecule has 1 aliphatic rings. The third-order valence-corrected chi connectivity index (χ3v) is 3.12. The van der Waals surface area contributed by atoms with E-state index in [1.54, 1.807) is 12.3 Å². The second kappa shape index (κ2) is 4.47. The van der Waals surface area contributed by atoms with E-state index in [1.807, 2.05) is 0 Å². The van der Waals surface area contributed by atoms with Crippen molar-refractivity contribution >= 4 is 0 Å². The van der Waals surface area contributed by atoms with Crippen LogP contribution in [0.25, 0.3) is 0 Å². The van der Waals surface area contributed by atoms with Gasteiger partial charge in [0.05, 0.1) is 11.8 Å². The Bertz CT molecular complexity index is 368. The fourth-order valence-corrected chi connectivity index (χ4v) is 2.02. The number of hydrogen-bond acceptors (Lipinski definition) is 3. The maximum absolute atomic E-state index is 13.3. The zero-order valence-corrected chi connectivity index (χ0v) is 9.66. The van der Waals surface area contributed by atoms with Gasteiger partial charge in [-0.2, -0.15) is 0 Å². The lowest BCUT2D eigenvalue weighted by atomic mass is 9.99. The van der Waals surface area contributed by atoms with E-state index in [4.69, 9.17) is 4.74 Å². The molecule has 3 nitrogen and oxygen atoms in total. The van der Waals surface area contributed by atoms with E-state index in [1.165, 1.54) is 6.20 Å². The molecule has 0 aliphatic carbocycles. The molecule has 1 aromatic rings. The Labute approximate surface area is 95.0 Å². The highest BCUT2D eigenvalue weighted by molar-refractivity contribution is 5.12. The predicted molar refractivity (Wildman–Crippen MR) is 59.5 cm³/mol. The van der Waals surface area contributed by atoms with Crippen LogP contribution in [0, 0.1) is 5.82 Å². The first kappa shape index (κ1) is 11.5. The molecule has 1 saturated heterocycles. The average molecular weight is 224 g/mol. The van der Waals surface area contributed by atoms with E-state index < -0.39 is 0 Å². The molecule has 1 N–H and O–H groups in total. The topological polar surface area (TPSA) is 34.1 Å². The molecule has 1 aliphatic heterocycles. The van der Waals surface area contributed by atoms with Crippen LogP contribution in [0.4, 0.5) is 4.39 Å². The maximum atomic E-state index is 13.3. The third kappa shape index (κ3) is 2.39. The number of nitrogens with one attached hydrogen (secondary N) is 1. The van der Waals surface area contributed by atoms with Crippen molar-refractivity contribution in [3.05, 3.63) is 29.8 Å². The predicted octanol–water partition coefficient (Wildman–Crippen LogP) is 1.88. The van der Waals surface area contributed by atoms with Gasteiger partial charge < -0.3 is 10.1 Å². The molecule has 1 aromatic heterocycles. The number of halogens is 1. The minimum atomic E-state index is -0.258. The smallest absolute Gasteiger partial charge is 0.145 e. The Balaban J connectivity index is 1.95. The van der Waals surface area contributed by atoms with Crippen LogP contribution in [0.1, 0.15) is 25.8 Å². The normalized spacial score (nSPS) is 23.6. The van der Waals surface area contributed by atoms with Crippen molar-refractivity contribution in [3.8, 4) is 0 Å². The minimum Gasteiger partial charge on any atom is -0.374 e. The first-order valence-electron chi connectivity index (χ1n) is 5.55. The molecule has 0 bridgehead atoms. The van der Waals surface area contributed by atoms with Crippen LogP contribution in [-0.4, -0.2) is 23.2 Å². The molecule has 0 aromatic carbocycles. The zero-order chi connectivity index (χ0) is 11.6. The lowest BCUT2D eigenvalue weighted by Gasteiger charge is -2.26. The third-order valence-electron chi connectivity index (χ3n) is 3.12. The SMILES string of the molecule is CC1(C)OCCC1NCc1ccncc1F. The Morgan fingerprint density at radius 3 is 3.06 bits per heavy atom. The van der Waals surface area contributed by atoms with Crippen molar-refractivity contribution in [1.82, 2.24) is 10.3 Å². The van der Waals surface area contributed by atoms with E-state index in [2.05, 4.69) is 24.1 Å². The molecule has 2 heterocycles. The van der Waals surface area contributed by atoms with Gasteiger partial charge in [-0.25, -0.2) is 4.39 Å². The molecule has 1 unspecified atom stereocenters. The molecule has 4 heteroatoms. The van der Waals surface area contributed by atoms with Crippen LogP contribution in [0.2, 0.25) is 0 Å². The molecule has 1 atom stereocenters. The van der Waals surface area contributed by atoms with Crippen LogP contribution in [-0.2, 0) is 11.3 Å². The number of ether oxygens (including phenoxy) is 1. The highest BCUT2D eigenvalue weighted by Crippen LogP contribution is 2.25. The van der Waals surface area contributed by atoms with Gasteiger partial charge in [-0.3, -0.25) is 4.98 Å². The average Bonchev–Trinajstić information content (AvgIpc) is 2.57. The minimum absolute atomic E-state index is 0.163. The van der Waals surface area contributed by atoms with Crippen LogP contribution >= 0.6 is 0 Å². The zero-order valence-electron chi connectivity index (χ0n) is 9.66. The molecule has 0 amide bonds. The summed E-state index contributed by atoms with van der Waals surface area (Å²) in [7, 11) is 0. The number of nitrogens with zero attached hydrogens (tertiary/aromatic N) is 1. The summed E-state index contributed by atoms with van der Waals surface area (Å²) in [5.74, 6) is -0.258. The second-order valence-electron chi connectivity index (χ2n) is 4.64. The Kier molecular flexibility index (Phi) is 3.21. The molecule has 1 fully saturated rings. The monoisotopic (exact) mass is 224 g/mol. The highest BCUT2D eigenvalue weighted by atomic mass is 19.1. The van der Waals surface area contributed by atoms with Gasteiger partial charge in [-0.15, -0.1) is 0 Å². The van der Waals surface area contributed by atoms with Gasteiger partial charge in [0.25, 0.3) is 0 Å². The number of hydrogen-bond donors (Lipinski definition) is 1. The van der Waals surface area contributed by atoms with Crippen LogP contribution in [0.5, 0.6) is 0 Å². The first-order chi connectivity index (χ1) is 7.59. The molecule has 16 heavy (non-hydrogen) atoms. The Morgan fingerprint density at radius 1 is 1.62 bits per heavy atom. The fraction of sp³-hybridized carbons (Fsp3) is 0.583. The van der Waals surface area contributed by atoms with Crippen LogP contribution in [0.15, 0.2) is 18.5 Å². The lowest BCUT2D eigenvalue weighted by Crippen LogP contribution is -2.43. The fourth-order valence-electron chi connectivity index (χ4n) is 2.02. The number of aromatic nitrogens is 1. The lowest BCUT2D eigenvalue weighted by molar-refractivity contribution is 0.0213. The van der Waals surface area contributed by atoms with Crippen molar-refractivity contribution in [3.63, 3.8) is 0 Å². The summed E-state index contributed by atoms with van der Waals surface area (Å²) in [5.41, 5.74) is 0.487. The van der Waals surface area contributed by atoms with Crippen molar-refractivity contribution < 1.29 is 9.13 Å². The van der Waals surface area contributed by atoms with Gasteiger partial charge in [0.1, 0.15) is 5.82 Å². The molecular formula is C12H17FN2O. The quantitative estimate of drug-likeness (QED) is 0.851. The van der Waals surface area contributed by atoms with Crippen molar-refractivity contribution in [2.24, 2.45) is 0 Å². The van der Waals surface area contributed by atoms with Crippen molar-refractivity contribution in [1.29, 1.82) is 0 Å². The summed E-state index contributed by atoms with van der Waals surface area (Å²) in [6.07, 6.45) is 3.82. The first-order valence-corrected chi connectivity index (χ1v) is 5.55. The number of rotatable bonds is 3. The maximum Gasteiger partial charge on any atom is 0.145 e.